The Morgan fingerprint density at radius 1 is 0.947 bits per heavy atom. The second-order valence-corrected chi connectivity index (χ2v) is 6.23. The van der Waals surface area contributed by atoms with Crippen molar-refractivity contribution in [2.24, 2.45) is 0 Å². The summed E-state index contributed by atoms with van der Waals surface area (Å²) in [7, 11) is -3.90. The first-order chi connectivity index (χ1) is 8.70. The fourth-order valence-corrected chi connectivity index (χ4v) is 3.98. The molecule has 0 radical (unpaired) electrons. The van der Waals surface area contributed by atoms with Crippen molar-refractivity contribution < 1.29 is 32.4 Å². The maximum Gasteiger partial charge on any atom is 0.714 e. The molecule has 7 nitrogen and oxygen atoms in total. The third-order valence-corrected chi connectivity index (χ3v) is 4.63. The maximum absolute atomic E-state index is 11.1. The third-order valence-electron chi connectivity index (χ3n) is 1.56. The van der Waals surface area contributed by atoms with Gasteiger partial charge in [-0.25, -0.2) is 0 Å². The SMILES string of the molecule is CCOC(=S)C[Si](OC(C)=O)(OC(C)=O)OC(C)=O. The van der Waals surface area contributed by atoms with E-state index in [1.165, 1.54) is 0 Å². The zero-order valence-corrected chi connectivity index (χ0v) is 13.0. The van der Waals surface area contributed by atoms with E-state index in [0.717, 1.165) is 20.8 Å². The molecule has 0 N–H and O–H groups in total. The Labute approximate surface area is 117 Å². The first-order valence-electron chi connectivity index (χ1n) is 5.45. The Hall–Kier alpha value is -1.48. The second-order valence-electron chi connectivity index (χ2n) is 3.45. The van der Waals surface area contributed by atoms with Crippen molar-refractivity contribution in [3.8, 4) is 0 Å². The molecule has 0 aliphatic rings. The molecule has 0 atom stereocenters. The van der Waals surface area contributed by atoms with E-state index in [2.05, 4.69) is 0 Å². The van der Waals surface area contributed by atoms with Crippen LogP contribution in [-0.4, -0.2) is 38.4 Å². The van der Waals surface area contributed by atoms with Crippen LogP contribution >= 0.6 is 12.2 Å². The first-order valence-corrected chi connectivity index (χ1v) is 7.79. The Morgan fingerprint density at radius 2 is 1.32 bits per heavy atom. The minimum absolute atomic E-state index is 0.0397. The lowest BCUT2D eigenvalue weighted by Crippen LogP contribution is -2.50. The van der Waals surface area contributed by atoms with Crippen LogP contribution in [0.3, 0.4) is 0 Å². The smallest absolute Gasteiger partial charge is 0.487 e. The fraction of sp³-hybridized carbons (Fsp3) is 0.600. The highest BCUT2D eigenvalue weighted by Crippen LogP contribution is 2.18. The van der Waals surface area contributed by atoms with Crippen LogP contribution < -0.4 is 0 Å². The monoisotopic (exact) mass is 308 g/mol. The lowest BCUT2D eigenvalue weighted by molar-refractivity contribution is -0.147. The van der Waals surface area contributed by atoms with E-state index in [0.29, 0.717) is 6.61 Å². The molecule has 0 saturated carbocycles. The molecule has 0 unspecified atom stereocenters. The van der Waals surface area contributed by atoms with E-state index in [1.54, 1.807) is 6.92 Å². The molecule has 0 bridgehead atoms. The third kappa shape index (κ3) is 7.52. The van der Waals surface area contributed by atoms with E-state index < -0.39 is 26.7 Å². The van der Waals surface area contributed by atoms with Crippen molar-refractivity contribution in [3.63, 3.8) is 0 Å². The molecule has 9 heteroatoms. The summed E-state index contributed by atoms with van der Waals surface area (Å²) in [5, 5.41) is 0.0397. The van der Waals surface area contributed by atoms with Gasteiger partial charge in [0, 0.05) is 20.8 Å². The van der Waals surface area contributed by atoms with Crippen LogP contribution in [0.15, 0.2) is 0 Å². The van der Waals surface area contributed by atoms with E-state index >= 15 is 0 Å². The van der Waals surface area contributed by atoms with Gasteiger partial charge in [-0.05, 0) is 19.1 Å². The van der Waals surface area contributed by atoms with Gasteiger partial charge in [-0.2, -0.15) is 0 Å². The highest BCUT2D eigenvalue weighted by atomic mass is 32.1. The Bertz CT molecular complexity index is 341. The summed E-state index contributed by atoms with van der Waals surface area (Å²) in [5.41, 5.74) is 0. The van der Waals surface area contributed by atoms with E-state index in [4.69, 9.17) is 30.2 Å². The van der Waals surface area contributed by atoms with Crippen molar-refractivity contribution in [1.29, 1.82) is 0 Å². The minimum Gasteiger partial charge on any atom is -0.487 e. The number of hydrogen-bond donors (Lipinski definition) is 0. The van der Waals surface area contributed by atoms with Crippen molar-refractivity contribution in [2.45, 2.75) is 33.7 Å². The highest BCUT2D eigenvalue weighted by Gasteiger charge is 2.53. The van der Waals surface area contributed by atoms with Gasteiger partial charge in [0.2, 0.25) is 0 Å². The number of ether oxygens (including phenoxy) is 1. The van der Waals surface area contributed by atoms with Crippen LogP contribution in [0.2, 0.25) is 6.04 Å². The summed E-state index contributed by atoms with van der Waals surface area (Å²) in [6, 6.07) is -0.241. The van der Waals surface area contributed by atoms with Gasteiger partial charge in [0.1, 0.15) is 6.04 Å². The molecular formula is C10H16O7SSi. The minimum atomic E-state index is -3.90. The molecule has 0 aromatic rings. The summed E-state index contributed by atoms with van der Waals surface area (Å²) in [5.74, 6) is -2.23. The van der Waals surface area contributed by atoms with Crippen molar-refractivity contribution in [3.05, 3.63) is 0 Å². The molecule has 0 heterocycles. The van der Waals surface area contributed by atoms with Gasteiger partial charge in [0.05, 0.1) is 6.61 Å². The topological polar surface area (TPSA) is 88.1 Å². The molecule has 0 aliphatic carbocycles. The number of thiocarbonyl (C=S) groups is 1. The average Bonchev–Trinajstić information content (AvgIpc) is 2.12. The number of hydrogen-bond acceptors (Lipinski definition) is 8. The van der Waals surface area contributed by atoms with Gasteiger partial charge in [0.15, 0.2) is 5.05 Å². The molecule has 0 aliphatic heterocycles. The van der Waals surface area contributed by atoms with Gasteiger partial charge in [-0.3, -0.25) is 14.4 Å². The quantitative estimate of drug-likeness (QED) is 0.530. The van der Waals surface area contributed by atoms with Crippen molar-refractivity contribution in [2.75, 3.05) is 6.61 Å². The molecule has 0 rings (SSSR count). The van der Waals surface area contributed by atoms with Crippen LogP contribution in [-0.2, 0) is 32.4 Å². The molecular weight excluding hydrogens is 292 g/mol. The van der Waals surface area contributed by atoms with Crippen LogP contribution in [0.5, 0.6) is 0 Å². The zero-order valence-electron chi connectivity index (χ0n) is 11.2. The lowest BCUT2D eigenvalue weighted by atomic mass is 10.8. The number of carbonyl (C=O) groups is 3. The van der Waals surface area contributed by atoms with Gasteiger partial charge < -0.3 is 18.0 Å². The Morgan fingerprint density at radius 3 is 1.58 bits per heavy atom. The summed E-state index contributed by atoms with van der Waals surface area (Å²) < 4.78 is 19.8. The number of rotatable bonds is 6. The van der Waals surface area contributed by atoms with Gasteiger partial charge in [0.25, 0.3) is 17.9 Å². The summed E-state index contributed by atoms with van der Waals surface area (Å²) in [6.45, 7) is 5.33. The van der Waals surface area contributed by atoms with E-state index in [-0.39, 0.29) is 11.1 Å². The molecule has 0 spiro atoms. The lowest BCUT2D eigenvalue weighted by Gasteiger charge is -2.26. The van der Waals surface area contributed by atoms with Crippen LogP contribution in [0, 0.1) is 0 Å². The fourth-order valence-electron chi connectivity index (χ4n) is 1.22. The van der Waals surface area contributed by atoms with Gasteiger partial charge >= 0.3 is 8.80 Å². The molecule has 0 fully saturated rings. The maximum atomic E-state index is 11.1. The molecule has 19 heavy (non-hydrogen) atoms. The first kappa shape index (κ1) is 17.5. The number of carbonyl (C=O) groups excluding carboxylic acids is 3. The highest BCUT2D eigenvalue weighted by molar-refractivity contribution is 7.80. The van der Waals surface area contributed by atoms with Gasteiger partial charge in [-0.1, -0.05) is 0 Å². The average molecular weight is 308 g/mol. The summed E-state index contributed by atoms with van der Waals surface area (Å²) in [6.07, 6.45) is 0. The van der Waals surface area contributed by atoms with E-state index in [9.17, 15) is 14.4 Å². The normalized spacial score (nSPS) is 10.3. The van der Waals surface area contributed by atoms with Crippen molar-refractivity contribution >= 4 is 44.0 Å². The molecule has 0 aromatic heterocycles. The Kier molecular flexibility index (Phi) is 7.23. The largest absolute Gasteiger partial charge is 0.714 e. The molecule has 0 saturated heterocycles. The van der Waals surface area contributed by atoms with Crippen LogP contribution in [0.25, 0.3) is 0 Å². The van der Waals surface area contributed by atoms with Gasteiger partial charge in [-0.15, -0.1) is 0 Å². The predicted molar refractivity (Wildman–Crippen MR) is 70.1 cm³/mol. The zero-order chi connectivity index (χ0) is 15.1. The molecule has 108 valence electrons. The summed E-state index contributed by atoms with van der Waals surface area (Å²) in [4.78, 5) is 33.3. The summed E-state index contributed by atoms with van der Waals surface area (Å²) >= 11 is 4.90. The van der Waals surface area contributed by atoms with Crippen LogP contribution in [0.1, 0.15) is 27.7 Å². The molecule has 0 aromatic carbocycles. The molecule has 0 amide bonds. The van der Waals surface area contributed by atoms with E-state index in [1.807, 2.05) is 0 Å². The standard InChI is InChI=1S/C10H16O7SSi/c1-5-14-10(18)6-19(15-7(2)11,16-8(3)12)17-9(4)13/h5-6H2,1-4H3. The van der Waals surface area contributed by atoms with Crippen LogP contribution in [0.4, 0.5) is 0 Å². The van der Waals surface area contributed by atoms with Crippen molar-refractivity contribution in [1.82, 2.24) is 0 Å². The Balaban J connectivity index is 5.20. The second kappa shape index (κ2) is 7.84. The predicted octanol–water partition coefficient (Wildman–Crippen LogP) is 0.978.